The van der Waals surface area contributed by atoms with Crippen LogP contribution in [-0.4, -0.2) is 22.9 Å². The maximum Gasteiger partial charge on any atom is 0.0618 e. The third-order valence-electron chi connectivity index (χ3n) is 2.73. The molecule has 2 heteroatoms. The molecular weight excluding hydrogens is 176 g/mol. The lowest BCUT2D eigenvalue weighted by molar-refractivity contribution is -0.0290. The molecule has 0 fully saturated rings. The van der Waals surface area contributed by atoms with Crippen LogP contribution >= 0.6 is 0 Å². The number of hydrogen-bond acceptors (Lipinski definition) is 2. The first-order valence-corrected chi connectivity index (χ1v) is 5.60. The molecular formula is C12H26O2. The van der Waals surface area contributed by atoms with Crippen molar-refractivity contribution in [2.45, 2.75) is 53.6 Å². The van der Waals surface area contributed by atoms with Gasteiger partial charge in [0.2, 0.25) is 0 Å². The summed E-state index contributed by atoms with van der Waals surface area (Å²) in [6.07, 6.45) is 1.25. The van der Waals surface area contributed by atoms with Crippen molar-refractivity contribution in [3.05, 3.63) is 0 Å². The van der Waals surface area contributed by atoms with Crippen molar-refractivity contribution in [1.29, 1.82) is 0 Å². The second kappa shape index (κ2) is 5.72. The number of aliphatic hydroxyl groups is 2. The molecule has 86 valence electrons. The molecule has 2 unspecified atom stereocenters. The minimum absolute atomic E-state index is 0.0685. The van der Waals surface area contributed by atoms with Crippen molar-refractivity contribution in [2.24, 2.45) is 17.3 Å². The van der Waals surface area contributed by atoms with Crippen molar-refractivity contribution in [1.82, 2.24) is 0 Å². The predicted molar refractivity (Wildman–Crippen MR) is 60.1 cm³/mol. The lowest BCUT2D eigenvalue weighted by Crippen LogP contribution is -2.38. The third kappa shape index (κ3) is 4.43. The van der Waals surface area contributed by atoms with E-state index >= 15 is 0 Å². The second-order valence-corrected chi connectivity index (χ2v) is 5.56. The first-order chi connectivity index (χ1) is 6.31. The summed E-state index contributed by atoms with van der Waals surface area (Å²) in [6, 6.07) is 0. The summed E-state index contributed by atoms with van der Waals surface area (Å²) in [7, 11) is 0. The van der Waals surface area contributed by atoms with Gasteiger partial charge in [-0.3, -0.25) is 0 Å². The molecule has 2 N–H and O–H groups in total. The van der Waals surface area contributed by atoms with E-state index < -0.39 is 6.10 Å². The summed E-state index contributed by atoms with van der Waals surface area (Å²) in [4.78, 5) is 0. The Morgan fingerprint density at radius 3 is 1.86 bits per heavy atom. The van der Waals surface area contributed by atoms with Gasteiger partial charge in [-0.05, 0) is 24.7 Å². The van der Waals surface area contributed by atoms with Crippen molar-refractivity contribution < 1.29 is 10.2 Å². The Morgan fingerprint density at radius 2 is 1.57 bits per heavy atom. The van der Waals surface area contributed by atoms with Crippen molar-refractivity contribution in [3.63, 3.8) is 0 Å². The van der Waals surface area contributed by atoms with Crippen LogP contribution in [0.25, 0.3) is 0 Å². The van der Waals surface area contributed by atoms with Gasteiger partial charge < -0.3 is 10.2 Å². The highest BCUT2D eigenvalue weighted by Gasteiger charge is 2.33. The number of rotatable bonds is 6. The molecule has 14 heavy (non-hydrogen) atoms. The van der Waals surface area contributed by atoms with Gasteiger partial charge >= 0.3 is 0 Å². The van der Waals surface area contributed by atoms with Gasteiger partial charge in [0.05, 0.1) is 12.7 Å². The van der Waals surface area contributed by atoms with Gasteiger partial charge in [-0.2, -0.15) is 0 Å². The molecule has 0 amide bonds. The fourth-order valence-electron chi connectivity index (χ4n) is 1.97. The second-order valence-electron chi connectivity index (χ2n) is 5.56. The Kier molecular flexibility index (Phi) is 5.68. The van der Waals surface area contributed by atoms with E-state index in [9.17, 15) is 10.2 Å². The molecule has 0 saturated heterocycles. The van der Waals surface area contributed by atoms with Crippen molar-refractivity contribution in [2.75, 3.05) is 6.61 Å². The SMILES string of the molecule is CC(C)CC(O)C(C)(CO)CC(C)C. The van der Waals surface area contributed by atoms with Crippen LogP contribution in [0.3, 0.4) is 0 Å². The summed E-state index contributed by atoms with van der Waals surface area (Å²) in [5.41, 5.74) is -0.335. The molecule has 0 spiro atoms. The smallest absolute Gasteiger partial charge is 0.0618 e. The summed E-state index contributed by atoms with van der Waals surface area (Å²) in [5.74, 6) is 0.983. The molecule has 0 aliphatic carbocycles. The van der Waals surface area contributed by atoms with Crippen LogP contribution in [0.15, 0.2) is 0 Å². The molecule has 0 rings (SSSR count). The normalized spacial score (nSPS) is 18.6. The summed E-state index contributed by atoms with van der Waals surface area (Å²) >= 11 is 0. The third-order valence-corrected chi connectivity index (χ3v) is 2.73. The van der Waals surface area contributed by atoms with Crippen molar-refractivity contribution >= 4 is 0 Å². The highest BCUT2D eigenvalue weighted by molar-refractivity contribution is 4.83. The van der Waals surface area contributed by atoms with Gasteiger partial charge in [0.1, 0.15) is 0 Å². The van der Waals surface area contributed by atoms with Crippen LogP contribution in [0.5, 0.6) is 0 Å². The van der Waals surface area contributed by atoms with E-state index in [1.165, 1.54) is 0 Å². The van der Waals surface area contributed by atoms with Gasteiger partial charge in [0.25, 0.3) is 0 Å². The first-order valence-electron chi connectivity index (χ1n) is 5.60. The van der Waals surface area contributed by atoms with Crippen LogP contribution in [0, 0.1) is 17.3 Å². The minimum Gasteiger partial charge on any atom is -0.396 e. The highest BCUT2D eigenvalue weighted by Crippen LogP contribution is 2.32. The first kappa shape index (κ1) is 13.9. The molecule has 0 aromatic carbocycles. The topological polar surface area (TPSA) is 40.5 Å². The fraction of sp³-hybridized carbons (Fsp3) is 1.00. The zero-order valence-corrected chi connectivity index (χ0v) is 10.2. The van der Waals surface area contributed by atoms with Gasteiger partial charge in [0, 0.05) is 5.41 Å². The number of hydrogen-bond donors (Lipinski definition) is 2. The molecule has 2 nitrogen and oxygen atoms in total. The lowest BCUT2D eigenvalue weighted by Gasteiger charge is -2.35. The molecule has 2 atom stereocenters. The van der Waals surface area contributed by atoms with E-state index in [0.29, 0.717) is 11.8 Å². The molecule has 0 bridgehead atoms. The Hall–Kier alpha value is -0.0800. The van der Waals surface area contributed by atoms with Gasteiger partial charge in [-0.25, -0.2) is 0 Å². The number of aliphatic hydroxyl groups excluding tert-OH is 2. The lowest BCUT2D eigenvalue weighted by atomic mass is 9.75. The van der Waals surface area contributed by atoms with Crippen LogP contribution in [0.4, 0.5) is 0 Å². The predicted octanol–water partition coefficient (Wildman–Crippen LogP) is 2.44. The minimum atomic E-state index is -0.394. The quantitative estimate of drug-likeness (QED) is 0.694. The molecule has 0 radical (unpaired) electrons. The van der Waals surface area contributed by atoms with Crippen LogP contribution in [-0.2, 0) is 0 Å². The molecule has 0 aromatic rings. The largest absolute Gasteiger partial charge is 0.396 e. The molecule has 0 heterocycles. The van der Waals surface area contributed by atoms with E-state index in [0.717, 1.165) is 12.8 Å². The Balaban J connectivity index is 4.34. The van der Waals surface area contributed by atoms with Crippen molar-refractivity contribution in [3.8, 4) is 0 Å². The van der Waals surface area contributed by atoms with Crippen LogP contribution < -0.4 is 0 Å². The maximum absolute atomic E-state index is 10.0. The Bertz CT molecular complexity index is 154. The monoisotopic (exact) mass is 202 g/mol. The maximum atomic E-state index is 10.0. The summed E-state index contributed by atoms with van der Waals surface area (Å²) in [5, 5.41) is 19.4. The highest BCUT2D eigenvalue weighted by atomic mass is 16.3. The molecule has 0 aliphatic rings. The van der Waals surface area contributed by atoms with Gasteiger partial charge in [-0.1, -0.05) is 34.6 Å². The zero-order chi connectivity index (χ0) is 11.4. The standard InChI is InChI=1S/C12H26O2/c1-9(2)6-11(14)12(5,8-13)7-10(3)4/h9-11,13-14H,6-8H2,1-5H3. The van der Waals surface area contributed by atoms with Gasteiger partial charge in [-0.15, -0.1) is 0 Å². The van der Waals surface area contributed by atoms with E-state index in [1.54, 1.807) is 0 Å². The van der Waals surface area contributed by atoms with E-state index in [1.807, 2.05) is 6.92 Å². The Labute approximate surface area is 88.3 Å². The fourth-order valence-corrected chi connectivity index (χ4v) is 1.97. The molecule has 0 saturated carbocycles. The summed E-state index contributed by atoms with van der Waals surface area (Å²) in [6.45, 7) is 10.5. The van der Waals surface area contributed by atoms with E-state index in [-0.39, 0.29) is 12.0 Å². The zero-order valence-electron chi connectivity index (χ0n) is 10.2. The van der Waals surface area contributed by atoms with Crippen LogP contribution in [0.1, 0.15) is 47.5 Å². The van der Waals surface area contributed by atoms with E-state index in [4.69, 9.17) is 0 Å². The van der Waals surface area contributed by atoms with Crippen LogP contribution in [0.2, 0.25) is 0 Å². The average molecular weight is 202 g/mol. The Morgan fingerprint density at radius 1 is 1.07 bits per heavy atom. The van der Waals surface area contributed by atoms with Gasteiger partial charge in [0.15, 0.2) is 0 Å². The van der Waals surface area contributed by atoms with E-state index in [2.05, 4.69) is 27.7 Å². The molecule has 0 aromatic heterocycles. The molecule has 0 aliphatic heterocycles. The average Bonchev–Trinajstić information content (AvgIpc) is 2.01. The summed E-state index contributed by atoms with van der Waals surface area (Å²) < 4.78 is 0.